The standard InChI is InChI=1S/C19H19N5O/c1-24-9-8-18-15(12-24)4-7-17(22-18)10-21-23-16-5-2-14(3-6-16)19-11-20-13-25-19/h2-7,10-11,13,23H,8-9,12H2,1H3. The van der Waals surface area contributed by atoms with Crippen molar-refractivity contribution in [3.8, 4) is 11.3 Å². The molecule has 0 amide bonds. The Bertz CT molecular complexity index is 871. The number of likely N-dealkylation sites (N-methyl/N-ethyl adjacent to an activating group) is 1. The molecule has 1 N–H and O–H groups in total. The second-order valence-corrected chi connectivity index (χ2v) is 6.14. The summed E-state index contributed by atoms with van der Waals surface area (Å²) in [7, 11) is 2.13. The molecule has 25 heavy (non-hydrogen) atoms. The van der Waals surface area contributed by atoms with Crippen LogP contribution in [-0.2, 0) is 13.0 Å². The molecule has 0 unspecified atom stereocenters. The predicted octanol–water partition coefficient (Wildman–Crippen LogP) is 3.17. The Hall–Kier alpha value is -2.99. The summed E-state index contributed by atoms with van der Waals surface area (Å²) in [4.78, 5) is 10.9. The van der Waals surface area contributed by atoms with Crippen molar-refractivity contribution >= 4 is 11.9 Å². The van der Waals surface area contributed by atoms with Crippen molar-refractivity contribution in [2.24, 2.45) is 5.10 Å². The first-order chi connectivity index (χ1) is 12.3. The van der Waals surface area contributed by atoms with Gasteiger partial charge in [-0.1, -0.05) is 6.07 Å². The van der Waals surface area contributed by atoms with E-state index >= 15 is 0 Å². The third-order valence-corrected chi connectivity index (χ3v) is 4.25. The van der Waals surface area contributed by atoms with E-state index in [2.05, 4.69) is 33.5 Å². The minimum Gasteiger partial charge on any atom is -0.444 e. The van der Waals surface area contributed by atoms with Crippen molar-refractivity contribution in [2.45, 2.75) is 13.0 Å². The van der Waals surface area contributed by atoms with Gasteiger partial charge in [-0.15, -0.1) is 0 Å². The van der Waals surface area contributed by atoms with Crippen LogP contribution in [0.15, 0.2) is 58.5 Å². The summed E-state index contributed by atoms with van der Waals surface area (Å²) in [5.74, 6) is 0.749. The van der Waals surface area contributed by atoms with E-state index in [1.54, 1.807) is 12.4 Å². The molecule has 1 aromatic carbocycles. The van der Waals surface area contributed by atoms with E-state index in [9.17, 15) is 0 Å². The van der Waals surface area contributed by atoms with E-state index in [1.807, 2.05) is 30.3 Å². The Kier molecular flexibility index (Phi) is 4.26. The van der Waals surface area contributed by atoms with Crippen molar-refractivity contribution in [1.82, 2.24) is 14.9 Å². The maximum absolute atomic E-state index is 5.28. The van der Waals surface area contributed by atoms with Gasteiger partial charge in [0, 0.05) is 30.8 Å². The fourth-order valence-electron chi connectivity index (χ4n) is 2.89. The fraction of sp³-hybridized carbons (Fsp3) is 0.211. The number of benzene rings is 1. The Labute approximate surface area is 146 Å². The van der Waals surface area contributed by atoms with Gasteiger partial charge in [0.15, 0.2) is 12.2 Å². The molecule has 3 aromatic rings. The normalized spacial score (nSPS) is 14.6. The van der Waals surface area contributed by atoms with Gasteiger partial charge in [-0.25, -0.2) is 4.98 Å². The average molecular weight is 333 g/mol. The van der Waals surface area contributed by atoms with Crippen LogP contribution in [0.3, 0.4) is 0 Å². The largest absolute Gasteiger partial charge is 0.444 e. The minimum absolute atomic E-state index is 0.749. The lowest BCUT2D eigenvalue weighted by Crippen LogP contribution is -2.27. The zero-order valence-electron chi connectivity index (χ0n) is 14.0. The summed E-state index contributed by atoms with van der Waals surface area (Å²) in [5, 5.41) is 4.28. The van der Waals surface area contributed by atoms with Crippen molar-refractivity contribution in [3.63, 3.8) is 0 Å². The lowest BCUT2D eigenvalue weighted by molar-refractivity contribution is 0.310. The Morgan fingerprint density at radius 1 is 1.20 bits per heavy atom. The summed E-state index contributed by atoms with van der Waals surface area (Å²) in [6.45, 7) is 2.02. The van der Waals surface area contributed by atoms with E-state index in [0.29, 0.717) is 0 Å². The Morgan fingerprint density at radius 2 is 2.08 bits per heavy atom. The lowest BCUT2D eigenvalue weighted by Gasteiger charge is -2.24. The Morgan fingerprint density at radius 3 is 2.88 bits per heavy atom. The molecule has 6 heteroatoms. The van der Waals surface area contributed by atoms with Gasteiger partial charge in [-0.3, -0.25) is 10.4 Å². The average Bonchev–Trinajstić information content (AvgIpc) is 3.17. The van der Waals surface area contributed by atoms with Gasteiger partial charge >= 0.3 is 0 Å². The molecule has 1 aliphatic rings. The zero-order valence-corrected chi connectivity index (χ0v) is 14.0. The van der Waals surface area contributed by atoms with Crippen LogP contribution in [0.2, 0.25) is 0 Å². The molecule has 0 spiro atoms. The molecule has 6 nitrogen and oxygen atoms in total. The predicted molar refractivity (Wildman–Crippen MR) is 97.4 cm³/mol. The molecule has 0 saturated heterocycles. The van der Waals surface area contributed by atoms with Crippen LogP contribution in [-0.4, -0.2) is 34.7 Å². The molecule has 126 valence electrons. The second kappa shape index (κ2) is 6.86. The van der Waals surface area contributed by atoms with E-state index in [4.69, 9.17) is 9.40 Å². The molecule has 1 aliphatic heterocycles. The number of hydrogen-bond donors (Lipinski definition) is 1. The van der Waals surface area contributed by atoms with Crippen LogP contribution in [0.25, 0.3) is 11.3 Å². The molecule has 4 rings (SSSR count). The number of hydrazone groups is 1. The van der Waals surface area contributed by atoms with Crippen LogP contribution < -0.4 is 5.43 Å². The van der Waals surface area contributed by atoms with Gasteiger partial charge in [0.2, 0.25) is 0 Å². The number of nitrogens with one attached hydrogen (secondary N) is 1. The molecule has 0 atom stereocenters. The van der Waals surface area contributed by atoms with Gasteiger partial charge in [0.05, 0.1) is 23.8 Å². The molecule has 0 bridgehead atoms. The molecule has 0 radical (unpaired) electrons. The highest BCUT2D eigenvalue weighted by Gasteiger charge is 2.14. The van der Waals surface area contributed by atoms with Crippen molar-refractivity contribution in [1.29, 1.82) is 0 Å². The van der Waals surface area contributed by atoms with E-state index < -0.39 is 0 Å². The molecular formula is C19H19N5O. The highest BCUT2D eigenvalue weighted by Crippen LogP contribution is 2.20. The SMILES string of the molecule is CN1CCc2nc(C=NNc3ccc(-c4cnco4)cc3)ccc2C1. The molecule has 0 saturated carbocycles. The van der Waals surface area contributed by atoms with Crippen LogP contribution in [0, 0.1) is 0 Å². The third kappa shape index (κ3) is 3.59. The first-order valence-electron chi connectivity index (χ1n) is 8.23. The molecule has 0 aliphatic carbocycles. The number of hydrogen-bond acceptors (Lipinski definition) is 6. The monoisotopic (exact) mass is 333 g/mol. The lowest BCUT2D eigenvalue weighted by atomic mass is 10.1. The maximum atomic E-state index is 5.28. The van der Waals surface area contributed by atoms with E-state index in [1.165, 1.54) is 17.7 Å². The van der Waals surface area contributed by atoms with E-state index in [-0.39, 0.29) is 0 Å². The molecule has 2 aromatic heterocycles. The maximum Gasteiger partial charge on any atom is 0.181 e. The smallest absolute Gasteiger partial charge is 0.181 e. The van der Waals surface area contributed by atoms with Gasteiger partial charge in [-0.05, 0) is 42.9 Å². The molecule has 3 heterocycles. The molecular weight excluding hydrogens is 314 g/mol. The van der Waals surface area contributed by atoms with Crippen molar-refractivity contribution in [2.75, 3.05) is 19.0 Å². The van der Waals surface area contributed by atoms with Crippen molar-refractivity contribution in [3.05, 3.63) is 65.9 Å². The minimum atomic E-state index is 0.749. The number of nitrogens with zero attached hydrogens (tertiary/aromatic N) is 4. The number of pyridine rings is 1. The van der Waals surface area contributed by atoms with Gasteiger partial charge < -0.3 is 9.32 Å². The number of anilines is 1. The summed E-state index contributed by atoms with van der Waals surface area (Å²) >= 11 is 0. The van der Waals surface area contributed by atoms with Crippen LogP contribution in [0.4, 0.5) is 5.69 Å². The highest BCUT2D eigenvalue weighted by atomic mass is 16.3. The third-order valence-electron chi connectivity index (χ3n) is 4.25. The highest BCUT2D eigenvalue weighted by molar-refractivity contribution is 5.78. The van der Waals surface area contributed by atoms with Crippen molar-refractivity contribution < 1.29 is 4.42 Å². The molecule has 0 fully saturated rings. The quantitative estimate of drug-likeness (QED) is 0.587. The number of aromatic nitrogens is 2. The van der Waals surface area contributed by atoms with Gasteiger partial charge in [-0.2, -0.15) is 5.10 Å². The number of rotatable bonds is 4. The first-order valence-corrected chi connectivity index (χ1v) is 8.23. The first kappa shape index (κ1) is 15.5. The summed E-state index contributed by atoms with van der Waals surface area (Å²) in [5.41, 5.74) is 8.27. The van der Waals surface area contributed by atoms with Crippen LogP contribution >= 0.6 is 0 Å². The number of oxazole rings is 1. The second-order valence-electron chi connectivity index (χ2n) is 6.14. The topological polar surface area (TPSA) is 66.6 Å². The van der Waals surface area contributed by atoms with Crippen LogP contribution in [0.1, 0.15) is 17.0 Å². The van der Waals surface area contributed by atoms with E-state index in [0.717, 1.165) is 42.2 Å². The Balaban J connectivity index is 1.41. The summed E-state index contributed by atoms with van der Waals surface area (Å²) in [6.07, 6.45) is 5.86. The number of fused-ring (bicyclic) bond motifs is 1. The summed E-state index contributed by atoms with van der Waals surface area (Å²) in [6, 6.07) is 12.0. The van der Waals surface area contributed by atoms with Gasteiger partial charge in [0.25, 0.3) is 0 Å². The zero-order chi connectivity index (χ0) is 17.1. The van der Waals surface area contributed by atoms with Crippen LogP contribution in [0.5, 0.6) is 0 Å². The van der Waals surface area contributed by atoms with Gasteiger partial charge in [0.1, 0.15) is 0 Å². The fourth-order valence-corrected chi connectivity index (χ4v) is 2.89. The summed E-state index contributed by atoms with van der Waals surface area (Å²) < 4.78 is 5.28.